The van der Waals surface area contributed by atoms with E-state index in [-0.39, 0.29) is 37.2 Å². The fraction of sp³-hybridized carbons (Fsp3) is 0.667. The zero-order valence-electron chi connectivity index (χ0n) is 16.4. The van der Waals surface area contributed by atoms with Crippen molar-refractivity contribution < 1.29 is 22.4 Å². The maximum absolute atomic E-state index is 12.8. The first-order chi connectivity index (χ1) is 13.4. The predicted octanol–water partition coefficient (Wildman–Crippen LogP) is 0.359. The van der Waals surface area contributed by atoms with Gasteiger partial charge in [-0.05, 0) is 12.1 Å². The Hall–Kier alpha value is -1.91. The molecule has 2 saturated heterocycles. The number of carbonyl (C=O) groups excluding carboxylic acids is 2. The van der Waals surface area contributed by atoms with Gasteiger partial charge in [-0.2, -0.15) is 17.0 Å². The van der Waals surface area contributed by atoms with E-state index in [1.54, 1.807) is 28.2 Å². The number of rotatable bonds is 7. The molecule has 1 aromatic heterocycles. The average Bonchev–Trinajstić information content (AvgIpc) is 3.32. The van der Waals surface area contributed by atoms with Crippen LogP contribution in [-0.2, 0) is 26.3 Å². The minimum atomic E-state index is -3.48. The lowest BCUT2D eigenvalue weighted by atomic mass is 10.1. The van der Waals surface area contributed by atoms with Crippen LogP contribution in [-0.4, -0.2) is 84.5 Å². The Balaban J connectivity index is 1.55. The molecule has 0 bridgehead atoms. The van der Waals surface area contributed by atoms with Crippen LogP contribution in [0.25, 0.3) is 0 Å². The highest BCUT2D eigenvalue weighted by Gasteiger charge is 2.39. The Morgan fingerprint density at radius 2 is 1.89 bits per heavy atom. The van der Waals surface area contributed by atoms with E-state index < -0.39 is 10.2 Å². The third-order valence-electron chi connectivity index (χ3n) is 5.40. The zero-order valence-corrected chi connectivity index (χ0v) is 17.2. The molecule has 28 heavy (non-hydrogen) atoms. The first kappa shape index (κ1) is 20.8. The molecular formula is C18H28N4O5S. The maximum Gasteiger partial charge on any atom is 0.282 e. The van der Waals surface area contributed by atoms with Crippen molar-refractivity contribution in [1.29, 1.82) is 0 Å². The molecule has 0 saturated carbocycles. The number of piperazine rings is 1. The van der Waals surface area contributed by atoms with E-state index in [0.717, 1.165) is 0 Å². The lowest BCUT2D eigenvalue weighted by Crippen LogP contribution is -2.55. The summed E-state index contributed by atoms with van der Waals surface area (Å²) < 4.78 is 33.4. The van der Waals surface area contributed by atoms with Gasteiger partial charge >= 0.3 is 0 Å². The van der Waals surface area contributed by atoms with Crippen molar-refractivity contribution in [3.63, 3.8) is 0 Å². The quantitative estimate of drug-likeness (QED) is 0.645. The van der Waals surface area contributed by atoms with Crippen molar-refractivity contribution >= 4 is 22.0 Å². The van der Waals surface area contributed by atoms with Crippen molar-refractivity contribution in [3.05, 3.63) is 24.2 Å². The number of amides is 2. The number of nitrogens with zero attached hydrogens (tertiary/aromatic N) is 4. The van der Waals surface area contributed by atoms with E-state index in [4.69, 9.17) is 4.42 Å². The standard InChI is InChI=1S/C18H28N4O5S/c1-3-21(4-2)28(25,26)22-9-7-19(8-10-22)18(24)15-12-17(23)20(13-15)14-16-6-5-11-27-16/h5-6,11,15H,3-4,7-10,12-14H2,1-2H3. The van der Waals surface area contributed by atoms with Crippen LogP contribution in [0, 0.1) is 5.92 Å². The smallest absolute Gasteiger partial charge is 0.282 e. The average molecular weight is 413 g/mol. The van der Waals surface area contributed by atoms with Gasteiger partial charge in [-0.25, -0.2) is 0 Å². The molecular weight excluding hydrogens is 384 g/mol. The van der Waals surface area contributed by atoms with Crippen molar-refractivity contribution in [3.8, 4) is 0 Å². The SMILES string of the molecule is CCN(CC)S(=O)(=O)N1CCN(C(=O)C2CC(=O)N(Cc3ccco3)C2)CC1. The number of hydrogen-bond acceptors (Lipinski definition) is 5. The summed E-state index contributed by atoms with van der Waals surface area (Å²) in [4.78, 5) is 28.4. The Morgan fingerprint density at radius 3 is 2.46 bits per heavy atom. The van der Waals surface area contributed by atoms with Crippen LogP contribution < -0.4 is 0 Å². The largest absolute Gasteiger partial charge is 0.467 e. The molecule has 2 amide bonds. The van der Waals surface area contributed by atoms with Gasteiger partial charge in [-0.1, -0.05) is 13.8 Å². The van der Waals surface area contributed by atoms with Gasteiger partial charge in [0.25, 0.3) is 10.2 Å². The second kappa shape index (κ2) is 8.62. The second-order valence-corrected chi connectivity index (χ2v) is 9.00. The molecule has 0 aromatic carbocycles. The van der Waals surface area contributed by atoms with E-state index in [1.165, 1.54) is 8.61 Å². The van der Waals surface area contributed by atoms with E-state index in [9.17, 15) is 18.0 Å². The molecule has 0 radical (unpaired) electrons. The van der Waals surface area contributed by atoms with E-state index in [1.807, 2.05) is 13.8 Å². The zero-order chi connectivity index (χ0) is 20.3. The molecule has 2 fully saturated rings. The lowest BCUT2D eigenvalue weighted by molar-refractivity contribution is -0.137. The van der Waals surface area contributed by atoms with Crippen molar-refractivity contribution in [2.24, 2.45) is 5.92 Å². The highest BCUT2D eigenvalue weighted by Crippen LogP contribution is 2.23. The summed E-state index contributed by atoms with van der Waals surface area (Å²) >= 11 is 0. The molecule has 10 heteroatoms. The minimum Gasteiger partial charge on any atom is -0.467 e. The molecule has 1 atom stereocenters. The molecule has 1 aromatic rings. The summed E-state index contributed by atoms with van der Waals surface area (Å²) in [6.07, 6.45) is 1.75. The van der Waals surface area contributed by atoms with Crippen LogP contribution in [0.1, 0.15) is 26.0 Å². The fourth-order valence-corrected chi connectivity index (χ4v) is 5.40. The van der Waals surface area contributed by atoms with Gasteiger partial charge in [0.15, 0.2) is 0 Å². The normalized spacial score (nSPS) is 21.7. The molecule has 9 nitrogen and oxygen atoms in total. The topological polar surface area (TPSA) is 94.4 Å². The highest BCUT2D eigenvalue weighted by molar-refractivity contribution is 7.86. The Kier molecular flexibility index (Phi) is 6.41. The Labute approximate surface area is 166 Å². The van der Waals surface area contributed by atoms with Crippen LogP contribution in [0.15, 0.2) is 22.8 Å². The van der Waals surface area contributed by atoms with Crippen LogP contribution in [0.4, 0.5) is 0 Å². The third kappa shape index (κ3) is 4.23. The third-order valence-corrected chi connectivity index (χ3v) is 7.59. The van der Waals surface area contributed by atoms with Gasteiger partial charge in [0.1, 0.15) is 5.76 Å². The van der Waals surface area contributed by atoms with Gasteiger partial charge in [0.05, 0.1) is 18.7 Å². The van der Waals surface area contributed by atoms with Gasteiger partial charge < -0.3 is 14.2 Å². The van der Waals surface area contributed by atoms with Crippen LogP contribution >= 0.6 is 0 Å². The van der Waals surface area contributed by atoms with Crippen molar-refractivity contribution in [2.45, 2.75) is 26.8 Å². The van der Waals surface area contributed by atoms with Crippen LogP contribution in [0.3, 0.4) is 0 Å². The molecule has 0 aliphatic carbocycles. The van der Waals surface area contributed by atoms with Crippen molar-refractivity contribution in [1.82, 2.24) is 18.4 Å². The van der Waals surface area contributed by atoms with Crippen molar-refractivity contribution in [2.75, 3.05) is 45.8 Å². The van der Waals surface area contributed by atoms with E-state index in [2.05, 4.69) is 0 Å². The number of carbonyl (C=O) groups is 2. The highest BCUT2D eigenvalue weighted by atomic mass is 32.2. The van der Waals surface area contributed by atoms with Crippen LogP contribution in [0.2, 0.25) is 0 Å². The molecule has 3 heterocycles. The summed E-state index contributed by atoms with van der Waals surface area (Å²) in [5.41, 5.74) is 0. The monoisotopic (exact) mass is 412 g/mol. The number of hydrogen-bond donors (Lipinski definition) is 0. The molecule has 2 aliphatic heterocycles. The predicted molar refractivity (Wildman–Crippen MR) is 102 cm³/mol. The van der Waals surface area contributed by atoms with Crippen LogP contribution in [0.5, 0.6) is 0 Å². The first-order valence-corrected chi connectivity index (χ1v) is 11.1. The summed E-state index contributed by atoms with van der Waals surface area (Å²) in [5.74, 6) is 0.178. The second-order valence-electron chi connectivity index (χ2n) is 7.07. The Morgan fingerprint density at radius 1 is 1.21 bits per heavy atom. The summed E-state index contributed by atoms with van der Waals surface area (Å²) in [7, 11) is -3.48. The molecule has 3 rings (SSSR count). The molecule has 1 unspecified atom stereocenters. The molecule has 156 valence electrons. The first-order valence-electron chi connectivity index (χ1n) is 9.71. The number of furan rings is 1. The minimum absolute atomic E-state index is 0.0579. The summed E-state index contributed by atoms with van der Waals surface area (Å²) in [5, 5.41) is 0. The summed E-state index contributed by atoms with van der Waals surface area (Å²) in [6.45, 7) is 6.47. The molecule has 0 N–H and O–H groups in total. The van der Waals surface area contributed by atoms with Gasteiger partial charge in [0.2, 0.25) is 11.8 Å². The maximum atomic E-state index is 12.8. The van der Waals surface area contributed by atoms with Gasteiger partial charge in [0, 0.05) is 52.2 Å². The molecule has 0 spiro atoms. The lowest BCUT2D eigenvalue weighted by Gasteiger charge is -2.37. The Bertz CT molecular complexity index is 783. The molecule has 2 aliphatic rings. The van der Waals surface area contributed by atoms with Gasteiger partial charge in [-0.3, -0.25) is 9.59 Å². The van der Waals surface area contributed by atoms with E-state index >= 15 is 0 Å². The fourth-order valence-electron chi connectivity index (χ4n) is 3.79. The van der Waals surface area contributed by atoms with Gasteiger partial charge in [-0.15, -0.1) is 0 Å². The van der Waals surface area contributed by atoms with E-state index in [0.29, 0.717) is 45.0 Å². The summed E-state index contributed by atoms with van der Waals surface area (Å²) in [6, 6.07) is 3.57. The number of likely N-dealkylation sites (tertiary alicyclic amines) is 1.